The van der Waals surface area contributed by atoms with E-state index in [4.69, 9.17) is 10.00 Å². The van der Waals surface area contributed by atoms with Crippen molar-refractivity contribution >= 4 is 21.7 Å². The molecule has 0 aliphatic rings. The van der Waals surface area contributed by atoms with Crippen LogP contribution in [0.15, 0.2) is 12.1 Å². The molecule has 0 fully saturated rings. The topological polar surface area (TPSA) is 70.3 Å². The molecule has 0 aromatic heterocycles. The van der Waals surface area contributed by atoms with Gasteiger partial charge in [0.1, 0.15) is 17.1 Å². The minimum atomic E-state index is -0.297. The Morgan fingerprint density at radius 2 is 2.33 bits per heavy atom. The van der Waals surface area contributed by atoms with Crippen LogP contribution in [0, 0.1) is 11.3 Å². The molecule has 0 bridgehead atoms. The fraction of sp³-hybridized carbons (Fsp3) is 0.200. The molecule has 0 aliphatic heterocycles. The van der Waals surface area contributed by atoms with E-state index < -0.39 is 0 Å². The first-order valence-corrected chi connectivity index (χ1v) is 5.16. The molecule has 78 valence electrons. The average molecular weight is 270 g/mol. The van der Waals surface area contributed by atoms with E-state index in [0.29, 0.717) is 0 Å². The molecule has 15 heavy (non-hydrogen) atoms. The van der Waals surface area contributed by atoms with Gasteiger partial charge in [-0.15, -0.1) is 0 Å². The number of carbonyl (C=O) groups is 1. The lowest BCUT2D eigenvalue weighted by Crippen LogP contribution is -2.04. The largest absolute Gasteiger partial charge is 0.507 e. The second-order valence-corrected chi connectivity index (χ2v) is 3.30. The van der Waals surface area contributed by atoms with Gasteiger partial charge in [0.2, 0.25) is 0 Å². The van der Waals surface area contributed by atoms with Gasteiger partial charge in [0, 0.05) is 0 Å². The molecule has 4 nitrogen and oxygen atoms in total. The number of benzene rings is 1. The summed E-state index contributed by atoms with van der Waals surface area (Å²) in [5.41, 5.74) is 0.337. The zero-order valence-corrected chi connectivity index (χ0v) is 9.54. The van der Waals surface area contributed by atoms with E-state index in [1.54, 1.807) is 0 Å². The zero-order chi connectivity index (χ0) is 11.4. The third-order valence-electron chi connectivity index (χ3n) is 1.83. The summed E-state index contributed by atoms with van der Waals surface area (Å²) >= 11 is 3.00. The number of Topliss-reactive ketones (excluding diaryl/α,β-unsaturated/α-hetero) is 1. The molecular formula is C10H8BrNO3. The number of carbonyl (C=O) groups excluding carboxylic acids is 1. The van der Waals surface area contributed by atoms with Crippen LogP contribution in [-0.2, 0) is 0 Å². The Labute approximate surface area is 95.2 Å². The molecule has 1 rings (SSSR count). The van der Waals surface area contributed by atoms with Gasteiger partial charge in [-0.3, -0.25) is 4.79 Å². The number of nitrogens with zero attached hydrogens (tertiary/aromatic N) is 1. The summed E-state index contributed by atoms with van der Waals surface area (Å²) < 4.78 is 4.94. The summed E-state index contributed by atoms with van der Waals surface area (Å²) in [7, 11) is 1.38. The molecule has 0 aliphatic carbocycles. The van der Waals surface area contributed by atoms with Gasteiger partial charge in [0.25, 0.3) is 0 Å². The Balaban J connectivity index is 3.39. The lowest BCUT2D eigenvalue weighted by molar-refractivity contribution is 0.101. The zero-order valence-electron chi connectivity index (χ0n) is 7.95. The molecule has 5 heteroatoms. The molecule has 0 heterocycles. The van der Waals surface area contributed by atoms with E-state index in [9.17, 15) is 9.90 Å². The Hall–Kier alpha value is -1.54. The molecule has 0 radical (unpaired) electrons. The molecule has 0 saturated carbocycles. The fourth-order valence-electron chi connectivity index (χ4n) is 1.17. The van der Waals surface area contributed by atoms with Crippen molar-refractivity contribution < 1.29 is 14.6 Å². The molecule has 1 aromatic carbocycles. The number of methoxy groups -OCH3 is 1. The van der Waals surface area contributed by atoms with Crippen molar-refractivity contribution in [1.29, 1.82) is 5.26 Å². The predicted octanol–water partition coefficient (Wildman–Crippen LogP) is 1.85. The summed E-state index contributed by atoms with van der Waals surface area (Å²) in [5.74, 6) is -0.333. The standard InChI is InChI=1S/C10H8BrNO3/c1-15-9-3-6(5-12)2-7(13)10(9)8(14)4-11/h2-3,13H,4H2,1H3. The van der Waals surface area contributed by atoms with Gasteiger partial charge in [0.05, 0.1) is 24.1 Å². The molecule has 1 aromatic rings. The summed E-state index contributed by atoms with van der Waals surface area (Å²) in [6.45, 7) is 0. The van der Waals surface area contributed by atoms with Crippen molar-refractivity contribution in [3.8, 4) is 17.6 Å². The van der Waals surface area contributed by atoms with E-state index in [2.05, 4.69) is 15.9 Å². The number of nitriles is 1. The van der Waals surface area contributed by atoms with Gasteiger partial charge in [-0.25, -0.2) is 0 Å². The molecular weight excluding hydrogens is 262 g/mol. The van der Waals surface area contributed by atoms with Crippen LogP contribution in [-0.4, -0.2) is 23.3 Å². The van der Waals surface area contributed by atoms with Gasteiger partial charge in [-0.05, 0) is 12.1 Å². The minimum Gasteiger partial charge on any atom is -0.507 e. The van der Waals surface area contributed by atoms with E-state index in [1.165, 1.54) is 19.2 Å². The van der Waals surface area contributed by atoms with Crippen LogP contribution in [0.5, 0.6) is 11.5 Å². The first kappa shape index (κ1) is 11.5. The van der Waals surface area contributed by atoms with Gasteiger partial charge >= 0.3 is 0 Å². The smallest absolute Gasteiger partial charge is 0.180 e. The van der Waals surface area contributed by atoms with Crippen molar-refractivity contribution in [3.05, 3.63) is 23.3 Å². The highest BCUT2D eigenvalue weighted by atomic mass is 79.9. The lowest BCUT2D eigenvalue weighted by Gasteiger charge is -2.08. The summed E-state index contributed by atoms with van der Waals surface area (Å²) in [6, 6.07) is 4.51. The van der Waals surface area contributed by atoms with Crippen LogP contribution in [0.3, 0.4) is 0 Å². The maximum atomic E-state index is 11.4. The van der Waals surface area contributed by atoms with Crippen molar-refractivity contribution in [2.75, 3.05) is 12.4 Å². The van der Waals surface area contributed by atoms with Crippen LogP contribution in [0.4, 0.5) is 0 Å². The summed E-state index contributed by atoms with van der Waals surface area (Å²) in [6.07, 6.45) is 0. The van der Waals surface area contributed by atoms with E-state index in [0.717, 1.165) is 0 Å². The molecule has 0 saturated heterocycles. The minimum absolute atomic E-state index is 0.0861. The molecule has 0 amide bonds. The highest BCUT2D eigenvalue weighted by molar-refractivity contribution is 9.09. The first-order valence-electron chi connectivity index (χ1n) is 4.04. The quantitative estimate of drug-likeness (QED) is 0.672. The Morgan fingerprint density at radius 1 is 1.67 bits per heavy atom. The first-order chi connectivity index (χ1) is 7.13. The predicted molar refractivity (Wildman–Crippen MR) is 57.5 cm³/mol. The van der Waals surface area contributed by atoms with Crippen LogP contribution in [0.1, 0.15) is 15.9 Å². The number of ketones is 1. The van der Waals surface area contributed by atoms with Crippen LogP contribution in [0.2, 0.25) is 0 Å². The normalized spacial score (nSPS) is 9.40. The third kappa shape index (κ3) is 2.28. The van der Waals surface area contributed by atoms with Crippen molar-refractivity contribution in [1.82, 2.24) is 0 Å². The van der Waals surface area contributed by atoms with Gasteiger partial charge in [0.15, 0.2) is 5.78 Å². The third-order valence-corrected chi connectivity index (χ3v) is 2.34. The van der Waals surface area contributed by atoms with E-state index in [1.807, 2.05) is 6.07 Å². The number of hydrogen-bond donors (Lipinski definition) is 1. The Morgan fingerprint density at radius 3 is 2.80 bits per heavy atom. The average Bonchev–Trinajstić information content (AvgIpc) is 2.26. The summed E-state index contributed by atoms with van der Waals surface area (Å²) in [5, 5.41) is 18.3. The number of alkyl halides is 1. The highest BCUT2D eigenvalue weighted by Crippen LogP contribution is 2.30. The molecule has 0 unspecified atom stereocenters. The van der Waals surface area contributed by atoms with Crippen LogP contribution < -0.4 is 4.74 Å². The van der Waals surface area contributed by atoms with Crippen LogP contribution >= 0.6 is 15.9 Å². The van der Waals surface area contributed by atoms with Gasteiger partial charge in [-0.2, -0.15) is 5.26 Å². The number of phenols is 1. The number of halogens is 1. The van der Waals surface area contributed by atoms with Gasteiger partial charge in [-0.1, -0.05) is 15.9 Å². The van der Waals surface area contributed by atoms with E-state index >= 15 is 0 Å². The van der Waals surface area contributed by atoms with E-state index in [-0.39, 0.29) is 33.7 Å². The maximum absolute atomic E-state index is 11.4. The number of rotatable bonds is 3. The molecule has 0 spiro atoms. The lowest BCUT2D eigenvalue weighted by atomic mass is 10.1. The number of phenolic OH excluding ortho intramolecular Hbond substituents is 1. The van der Waals surface area contributed by atoms with Crippen molar-refractivity contribution in [2.45, 2.75) is 0 Å². The van der Waals surface area contributed by atoms with Crippen molar-refractivity contribution in [3.63, 3.8) is 0 Å². The van der Waals surface area contributed by atoms with Crippen LogP contribution in [0.25, 0.3) is 0 Å². The second-order valence-electron chi connectivity index (χ2n) is 2.74. The van der Waals surface area contributed by atoms with Gasteiger partial charge < -0.3 is 9.84 Å². The number of ether oxygens (including phenoxy) is 1. The second kappa shape index (κ2) is 4.80. The summed E-state index contributed by atoms with van der Waals surface area (Å²) in [4.78, 5) is 11.4. The van der Waals surface area contributed by atoms with Crippen molar-refractivity contribution in [2.24, 2.45) is 0 Å². The SMILES string of the molecule is COc1cc(C#N)cc(O)c1C(=O)CBr. The number of aromatic hydroxyl groups is 1. The Bertz CT molecular complexity index is 437. The maximum Gasteiger partial charge on any atom is 0.180 e. The molecule has 0 atom stereocenters. The fourth-order valence-corrected chi connectivity index (χ4v) is 1.45. The highest BCUT2D eigenvalue weighted by Gasteiger charge is 2.17. The molecule has 1 N–H and O–H groups in total. The monoisotopic (exact) mass is 269 g/mol. The number of hydrogen-bond acceptors (Lipinski definition) is 4. The Kier molecular flexibility index (Phi) is 3.69.